The maximum absolute atomic E-state index is 5.67. The van der Waals surface area contributed by atoms with Crippen LogP contribution in [0.3, 0.4) is 0 Å². The Kier molecular flexibility index (Phi) is 8.85. The van der Waals surface area contributed by atoms with Crippen molar-refractivity contribution in [3.05, 3.63) is 24.3 Å². The molecule has 0 aliphatic heterocycles. The van der Waals surface area contributed by atoms with Gasteiger partial charge in [-0.05, 0) is 25.6 Å². The Balaban J connectivity index is 2.20. The lowest BCUT2D eigenvalue weighted by Crippen LogP contribution is -2.17. The molecule has 4 nitrogen and oxygen atoms in total. The third-order valence-corrected chi connectivity index (χ3v) is 2.67. The summed E-state index contributed by atoms with van der Waals surface area (Å²) < 4.78 is 11.1. The molecular formula is C15H26N2O2. The van der Waals surface area contributed by atoms with Gasteiger partial charge in [0, 0.05) is 24.8 Å². The number of ether oxygens (including phenoxy) is 2. The average molecular weight is 266 g/mol. The number of rotatable bonds is 11. The van der Waals surface area contributed by atoms with E-state index in [0.29, 0.717) is 6.61 Å². The fourth-order valence-corrected chi connectivity index (χ4v) is 1.57. The molecule has 1 aromatic rings. The second-order valence-electron chi connectivity index (χ2n) is 4.37. The molecule has 0 atom stereocenters. The predicted molar refractivity (Wildman–Crippen MR) is 80.1 cm³/mol. The first-order chi connectivity index (χ1) is 9.36. The van der Waals surface area contributed by atoms with Crippen molar-refractivity contribution in [3.63, 3.8) is 0 Å². The highest BCUT2D eigenvalue weighted by Crippen LogP contribution is 2.17. The summed E-state index contributed by atoms with van der Waals surface area (Å²) in [5, 5.41) is 6.37. The summed E-state index contributed by atoms with van der Waals surface area (Å²) in [5.41, 5.74) is 1.08. The van der Waals surface area contributed by atoms with Crippen LogP contribution in [0.2, 0.25) is 0 Å². The number of anilines is 1. The van der Waals surface area contributed by atoms with Gasteiger partial charge in [0.05, 0.1) is 19.8 Å². The summed E-state index contributed by atoms with van der Waals surface area (Å²) in [5.74, 6) is 0.926. The van der Waals surface area contributed by atoms with Crippen LogP contribution in [-0.2, 0) is 4.74 Å². The lowest BCUT2D eigenvalue weighted by Gasteiger charge is -2.10. The van der Waals surface area contributed by atoms with Crippen molar-refractivity contribution in [1.29, 1.82) is 0 Å². The molecule has 1 aromatic carbocycles. The van der Waals surface area contributed by atoms with Gasteiger partial charge in [-0.2, -0.15) is 0 Å². The van der Waals surface area contributed by atoms with Crippen molar-refractivity contribution in [3.8, 4) is 5.75 Å². The molecule has 0 saturated heterocycles. The predicted octanol–water partition coefficient (Wildman–Crippen LogP) is 2.51. The highest BCUT2D eigenvalue weighted by Gasteiger charge is 1.96. The molecule has 0 aromatic heterocycles. The number of hydrogen-bond donors (Lipinski definition) is 2. The highest BCUT2D eigenvalue weighted by molar-refractivity contribution is 5.48. The van der Waals surface area contributed by atoms with Crippen LogP contribution in [0, 0.1) is 0 Å². The second-order valence-corrected chi connectivity index (χ2v) is 4.37. The first-order valence-corrected chi connectivity index (χ1v) is 7.06. The fraction of sp³-hybridized carbons (Fsp3) is 0.600. The van der Waals surface area contributed by atoms with Crippen LogP contribution in [0.5, 0.6) is 5.75 Å². The molecule has 0 aliphatic rings. The van der Waals surface area contributed by atoms with Gasteiger partial charge in [-0.3, -0.25) is 0 Å². The van der Waals surface area contributed by atoms with E-state index in [1.165, 1.54) is 0 Å². The molecule has 0 spiro atoms. The van der Waals surface area contributed by atoms with Crippen molar-refractivity contribution in [1.82, 2.24) is 5.32 Å². The van der Waals surface area contributed by atoms with Gasteiger partial charge in [-0.15, -0.1) is 0 Å². The largest absolute Gasteiger partial charge is 0.494 e. The molecule has 4 heteroatoms. The minimum atomic E-state index is 0.711. The number of unbranched alkanes of at least 4 members (excludes halogenated alkanes) is 1. The minimum Gasteiger partial charge on any atom is -0.494 e. The molecule has 0 amide bonds. The van der Waals surface area contributed by atoms with Crippen LogP contribution in [0.15, 0.2) is 24.3 Å². The van der Waals surface area contributed by atoms with E-state index in [2.05, 4.69) is 17.6 Å². The van der Waals surface area contributed by atoms with Crippen LogP contribution in [0.4, 0.5) is 5.69 Å². The van der Waals surface area contributed by atoms with Crippen LogP contribution >= 0.6 is 0 Å². The molecule has 0 heterocycles. The SMILES string of the molecule is CCCCOc1cccc(NCCOCCNC)c1. The molecular weight excluding hydrogens is 240 g/mol. The first-order valence-electron chi connectivity index (χ1n) is 7.06. The van der Waals surface area contributed by atoms with Gasteiger partial charge in [-0.1, -0.05) is 19.4 Å². The third kappa shape index (κ3) is 7.70. The average Bonchev–Trinajstić information content (AvgIpc) is 2.43. The normalized spacial score (nSPS) is 10.4. The molecule has 0 aliphatic carbocycles. The topological polar surface area (TPSA) is 42.5 Å². The van der Waals surface area contributed by atoms with E-state index in [1.54, 1.807) is 0 Å². The number of nitrogens with one attached hydrogen (secondary N) is 2. The van der Waals surface area contributed by atoms with Crippen LogP contribution in [0.1, 0.15) is 19.8 Å². The molecule has 0 fully saturated rings. The van der Waals surface area contributed by atoms with Crippen LogP contribution in [0.25, 0.3) is 0 Å². The van der Waals surface area contributed by atoms with E-state index in [1.807, 2.05) is 31.3 Å². The minimum absolute atomic E-state index is 0.711. The van der Waals surface area contributed by atoms with Gasteiger partial charge in [0.15, 0.2) is 0 Å². The van der Waals surface area contributed by atoms with Gasteiger partial charge in [0.2, 0.25) is 0 Å². The molecule has 2 N–H and O–H groups in total. The summed E-state index contributed by atoms with van der Waals surface area (Å²) in [7, 11) is 1.92. The van der Waals surface area contributed by atoms with Gasteiger partial charge in [0.25, 0.3) is 0 Å². The van der Waals surface area contributed by atoms with Crippen LogP contribution < -0.4 is 15.4 Å². The summed E-state index contributed by atoms with van der Waals surface area (Å²) >= 11 is 0. The zero-order valence-corrected chi connectivity index (χ0v) is 12.1. The van der Waals surface area contributed by atoms with E-state index < -0.39 is 0 Å². The van der Waals surface area contributed by atoms with Gasteiger partial charge in [0.1, 0.15) is 5.75 Å². The summed E-state index contributed by atoms with van der Waals surface area (Å²) in [4.78, 5) is 0. The van der Waals surface area contributed by atoms with E-state index in [-0.39, 0.29) is 0 Å². The lowest BCUT2D eigenvalue weighted by atomic mass is 10.3. The van der Waals surface area contributed by atoms with Crippen molar-refractivity contribution in [2.45, 2.75) is 19.8 Å². The maximum Gasteiger partial charge on any atom is 0.121 e. The van der Waals surface area contributed by atoms with Gasteiger partial charge >= 0.3 is 0 Å². The first kappa shape index (κ1) is 15.8. The van der Waals surface area contributed by atoms with E-state index >= 15 is 0 Å². The Morgan fingerprint density at radius 1 is 1.11 bits per heavy atom. The van der Waals surface area contributed by atoms with E-state index in [4.69, 9.17) is 9.47 Å². The highest BCUT2D eigenvalue weighted by atomic mass is 16.5. The Morgan fingerprint density at radius 2 is 1.95 bits per heavy atom. The summed E-state index contributed by atoms with van der Waals surface area (Å²) in [6, 6.07) is 8.07. The summed E-state index contributed by atoms with van der Waals surface area (Å²) in [6.45, 7) is 6.10. The van der Waals surface area contributed by atoms with E-state index in [9.17, 15) is 0 Å². The van der Waals surface area contributed by atoms with Crippen LogP contribution in [-0.4, -0.2) is 40.0 Å². The monoisotopic (exact) mass is 266 g/mol. The Hall–Kier alpha value is -1.26. The van der Waals surface area contributed by atoms with Crippen molar-refractivity contribution < 1.29 is 9.47 Å². The maximum atomic E-state index is 5.67. The van der Waals surface area contributed by atoms with E-state index in [0.717, 1.165) is 50.6 Å². The van der Waals surface area contributed by atoms with Crippen molar-refractivity contribution in [2.75, 3.05) is 45.3 Å². The second kappa shape index (κ2) is 10.6. The standard InChI is InChI=1S/C15H26N2O2/c1-3-4-10-19-15-7-5-6-14(13-15)17-9-12-18-11-8-16-2/h5-7,13,16-17H,3-4,8-12H2,1-2H3. The third-order valence-electron chi connectivity index (χ3n) is 2.67. The fourth-order valence-electron chi connectivity index (χ4n) is 1.57. The molecule has 1 rings (SSSR count). The zero-order valence-electron chi connectivity index (χ0n) is 12.1. The van der Waals surface area contributed by atoms with Crippen molar-refractivity contribution in [2.24, 2.45) is 0 Å². The molecule has 19 heavy (non-hydrogen) atoms. The molecule has 0 unspecified atom stereocenters. The van der Waals surface area contributed by atoms with Gasteiger partial charge < -0.3 is 20.1 Å². The summed E-state index contributed by atoms with van der Waals surface area (Å²) in [6.07, 6.45) is 2.25. The lowest BCUT2D eigenvalue weighted by molar-refractivity contribution is 0.147. The number of hydrogen-bond acceptors (Lipinski definition) is 4. The Morgan fingerprint density at radius 3 is 2.74 bits per heavy atom. The number of likely N-dealkylation sites (N-methyl/N-ethyl adjacent to an activating group) is 1. The number of benzene rings is 1. The smallest absolute Gasteiger partial charge is 0.121 e. The Labute approximate surface area is 116 Å². The van der Waals surface area contributed by atoms with Gasteiger partial charge in [-0.25, -0.2) is 0 Å². The molecule has 0 saturated carbocycles. The quantitative estimate of drug-likeness (QED) is 0.604. The molecule has 0 bridgehead atoms. The molecule has 108 valence electrons. The zero-order chi connectivity index (χ0) is 13.8. The Bertz CT molecular complexity index is 332. The van der Waals surface area contributed by atoms with Crippen molar-refractivity contribution >= 4 is 5.69 Å². The molecule has 0 radical (unpaired) electrons.